The lowest BCUT2D eigenvalue weighted by molar-refractivity contribution is -0.0320. The van der Waals surface area contributed by atoms with Crippen molar-refractivity contribution in [2.45, 2.75) is 57.2 Å². The van der Waals surface area contributed by atoms with E-state index in [1.165, 1.54) is 38.1 Å². The van der Waals surface area contributed by atoms with Gasteiger partial charge in [0.15, 0.2) is 0 Å². The molecule has 1 heterocycles. The molecule has 2 aliphatic rings. The van der Waals surface area contributed by atoms with Crippen molar-refractivity contribution < 1.29 is 0 Å². The SMILES string of the molecule is CC(C)C1CC(CN)(N2CCSC(C)(C)CC2)C1. The summed E-state index contributed by atoms with van der Waals surface area (Å²) in [6.45, 7) is 12.8. The molecule has 0 bridgehead atoms. The summed E-state index contributed by atoms with van der Waals surface area (Å²) in [5.74, 6) is 2.99. The Hall–Kier alpha value is 0.270. The van der Waals surface area contributed by atoms with Crippen molar-refractivity contribution in [3.05, 3.63) is 0 Å². The lowest BCUT2D eigenvalue weighted by Crippen LogP contribution is -2.63. The van der Waals surface area contributed by atoms with Gasteiger partial charge in [0.2, 0.25) is 0 Å². The number of thioether (sulfide) groups is 1. The summed E-state index contributed by atoms with van der Waals surface area (Å²) in [6.07, 6.45) is 3.95. The van der Waals surface area contributed by atoms with Gasteiger partial charge in [0.25, 0.3) is 0 Å². The molecular weight excluding hydrogens is 240 g/mol. The van der Waals surface area contributed by atoms with Crippen LogP contribution in [-0.2, 0) is 0 Å². The van der Waals surface area contributed by atoms with E-state index in [1.54, 1.807) is 0 Å². The standard InChI is InChI=1S/C15H30N2S/c1-12(2)13-9-15(10-13,11-16)17-6-5-14(3,4)18-8-7-17/h12-13H,5-11,16H2,1-4H3. The Morgan fingerprint density at radius 3 is 2.50 bits per heavy atom. The smallest absolute Gasteiger partial charge is 0.0337 e. The fraction of sp³-hybridized carbons (Fsp3) is 1.00. The van der Waals surface area contributed by atoms with Crippen LogP contribution in [0.25, 0.3) is 0 Å². The molecule has 2 fully saturated rings. The maximum atomic E-state index is 6.13. The van der Waals surface area contributed by atoms with Crippen LogP contribution in [0, 0.1) is 11.8 Å². The first-order valence-electron chi connectivity index (χ1n) is 7.48. The van der Waals surface area contributed by atoms with E-state index in [0.29, 0.717) is 10.3 Å². The summed E-state index contributed by atoms with van der Waals surface area (Å²) < 4.78 is 0.450. The van der Waals surface area contributed by atoms with E-state index in [1.807, 2.05) is 0 Å². The lowest BCUT2D eigenvalue weighted by atomic mass is 9.63. The molecule has 2 nitrogen and oxygen atoms in total. The molecule has 0 amide bonds. The Kier molecular flexibility index (Phi) is 4.35. The first-order valence-corrected chi connectivity index (χ1v) is 8.46. The van der Waals surface area contributed by atoms with Gasteiger partial charge in [-0.2, -0.15) is 11.8 Å². The minimum absolute atomic E-state index is 0.343. The molecule has 2 N–H and O–H groups in total. The predicted molar refractivity (Wildman–Crippen MR) is 82.1 cm³/mol. The molecule has 1 saturated carbocycles. The highest BCUT2D eigenvalue weighted by molar-refractivity contribution is 8.00. The number of hydrogen-bond acceptors (Lipinski definition) is 3. The highest BCUT2D eigenvalue weighted by atomic mass is 32.2. The monoisotopic (exact) mass is 270 g/mol. The van der Waals surface area contributed by atoms with E-state index in [2.05, 4.69) is 44.4 Å². The molecule has 0 atom stereocenters. The third kappa shape index (κ3) is 2.88. The molecule has 0 aromatic heterocycles. The first-order chi connectivity index (χ1) is 8.38. The van der Waals surface area contributed by atoms with Crippen LogP contribution in [0.4, 0.5) is 0 Å². The van der Waals surface area contributed by atoms with Crippen molar-refractivity contribution in [3.63, 3.8) is 0 Å². The van der Waals surface area contributed by atoms with E-state index >= 15 is 0 Å². The summed E-state index contributed by atoms with van der Waals surface area (Å²) in [7, 11) is 0. The molecule has 0 aromatic rings. The van der Waals surface area contributed by atoms with Crippen LogP contribution >= 0.6 is 11.8 Å². The summed E-state index contributed by atoms with van der Waals surface area (Å²) in [6, 6.07) is 0. The fourth-order valence-electron chi connectivity index (χ4n) is 3.44. The lowest BCUT2D eigenvalue weighted by Gasteiger charge is -2.55. The van der Waals surface area contributed by atoms with Gasteiger partial charge in [-0.25, -0.2) is 0 Å². The van der Waals surface area contributed by atoms with Gasteiger partial charge in [-0.1, -0.05) is 27.7 Å². The van der Waals surface area contributed by atoms with Gasteiger partial charge in [-0.15, -0.1) is 0 Å². The van der Waals surface area contributed by atoms with Gasteiger partial charge in [0.05, 0.1) is 0 Å². The second-order valence-corrected chi connectivity index (χ2v) is 8.99. The second kappa shape index (κ2) is 5.34. The normalized spacial score (nSPS) is 37.3. The van der Waals surface area contributed by atoms with E-state index in [4.69, 9.17) is 5.73 Å². The van der Waals surface area contributed by atoms with Gasteiger partial charge >= 0.3 is 0 Å². The van der Waals surface area contributed by atoms with Crippen LogP contribution in [0.5, 0.6) is 0 Å². The quantitative estimate of drug-likeness (QED) is 0.855. The summed E-state index contributed by atoms with van der Waals surface area (Å²) in [4.78, 5) is 2.72. The molecule has 1 saturated heterocycles. The number of nitrogens with two attached hydrogens (primary N) is 1. The van der Waals surface area contributed by atoms with Crippen LogP contribution < -0.4 is 5.73 Å². The topological polar surface area (TPSA) is 29.3 Å². The highest BCUT2D eigenvalue weighted by Crippen LogP contribution is 2.46. The van der Waals surface area contributed by atoms with Crippen molar-refractivity contribution in [1.29, 1.82) is 0 Å². The van der Waals surface area contributed by atoms with Gasteiger partial charge < -0.3 is 5.73 Å². The van der Waals surface area contributed by atoms with Crippen molar-refractivity contribution >= 4 is 11.8 Å². The minimum Gasteiger partial charge on any atom is -0.329 e. The summed E-state index contributed by atoms with van der Waals surface area (Å²) in [5.41, 5.74) is 6.48. The van der Waals surface area contributed by atoms with Gasteiger partial charge in [0, 0.05) is 35.7 Å². The average molecular weight is 270 g/mol. The average Bonchev–Trinajstić information content (AvgIpc) is 2.39. The summed E-state index contributed by atoms with van der Waals surface area (Å²) >= 11 is 2.13. The maximum Gasteiger partial charge on any atom is 0.0337 e. The number of hydrogen-bond donors (Lipinski definition) is 1. The van der Waals surface area contributed by atoms with E-state index in [0.717, 1.165) is 18.4 Å². The molecule has 0 unspecified atom stereocenters. The van der Waals surface area contributed by atoms with Crippen molar-refractivity contribution in [1.82, 2.24) is 4.90 Å². The van der Waals surface area contributed by atoms with Crippen LogP contribution in [0.2, 0.25) is 0 Å². The van der Waals surface area contributed by atoms with Gasteiger partial charge in [-0.05, 0) is 31.1 Å². The highest BCUT2D eigenvalue weighted by Gasteiger charge is 2.48. The molecule has 1 aliphatic heterocycles. The Morgan fingerprint density at radius 1 is 1.28 bits per heavy atom. The third-order valence-corrected chi connectivity index (χ3v) is 6.49. The second-order valence-electron chi connectivity index (χ2n) is 7.19. The zero-order valence-corrected chi connectivity index (χ0v) is 13.4. The molecule has 2 rings (SSSR count). The molecular formula is C15H30N2S. The van der Waals surface area contributed by atoms with Crippen LogP contribution in [0.3, 0.4) is 0 Å². The Labute approximate surface area is 117 Å². The first kappa shape index (κ1) is 14.7. The predicted octanol–water partition coefficient (Wildman–Crippen LogP) is 2.97. The summed E-state index contributed by atoms with van der Waals surface area (Å²) in [5, 5.41) is 0. The van der Waals surface area contributed by atoms with E-state index in [9.17, 15) is 0 Å². The zero-order chi connectivity index (χ0) is 13.4. The molecule has 106 valence electrons. The molecule has 1 aliphatic carbocycles. The third-order valence-electron chi connectivity index (χ3n) is 5.12. The van der Waals surface area contributed by atoms with E-state index in [-0.39, 0.29) is 0 Å². The number of rotatable bonds is 3. The Bertz CT molecular complexity index is 282. The maximum absolute atomic E-state index is 6.13. The molecule has 3 heteroatoms. The molecule has 0 aromatic carbocycles. The van der Waals surface area contributed by atoms with Crippen molar-refractivity contribution in [3.8, 4) is 0 Å². The molecule has 0 spiro atoms. The van der Waals surface area contributed by atoms with E-state index < -0.39 is 0 Å². The van der Waals surface area contributed by atoms with Crippen molar-refractivity contribution in [2.24, 2.45) is 17.6 Å². The Morgan fingerprint density at radius 2 is 1.94 bits per heavy atom. The zero-order valence-electron chi connectivity index (χ0n) is 12.5. The van der Waals surface area contributed by atoms with Crippen LogP contribution in [0.1, 0.15) is 47.0 Å². The van der Waals surface area contributed by atoms with Crippen LogP contribution in [0.15, 0.2) is 0 Å². The number of nitrogens with zero attached hydrogens (tertiary/aromatic N) is 1. The Balaban J connectivity index is 1.97. The largest absolute Gasteiger partial charge is 0.329 e. The fourth-order valence-corrected chi connectivity index (χ4v) is 4.54. The van der Waals surface area contributed by atoms with Gasteiger partial charge in [0.1, 0.15) is 0 Å². The minimum atomic E-state index is 0.343. The van der Waals surface area contributed by atoms with Gasteiger partial charge in [-0.3, -0.25) is 4.90 Å². The molecule has 0 radical (unpaired) electrons. The van der Waals surface area contributed by atoms with Crippen molar-refractivity contribution in [2.75, 3.05) is 25.4 Å². The van der Waals surface area contributed by atoms with Crippen LogP contribution in [-0.4, -0.2) is 40.6 Å². The molecule has 18 heavy (non-hydrogen) atoms.